The summed E-state index contributed by atoms with van der Waals surface area (Å²) in [5.74, 6) is -0.711. The van der Waals surface area contributed by atoms with Crippen LogP contribution in [0.15, 0.2) is 60.9 Å². The van der Waals surface area contributed by atoms with Gasteiger partial charge < -0.3 is 36.6 Å². The number of benzene rings is 2. The smallest absolute Gasteiger partial charge is 0.316 e. The first-order valence-electron chi connectivity index (χ1n) is 13.2. The summed E-state index contributed by atoms with van der Waals surface area (Å²) < 4.78 is 0. The molecule has 0 aliphatic heterocycles. The summed E-state index contributed by atoms with van der Waals surface area (Å²) in [5, 5.41) is 16.4. The van der Waals surface area contributed by atoms with Crippen molar-refractivity contribution >= 4 is 39.7 Å². The van der Waals surface area contributed by atoms with Crippen LogP contribution in [0.4, 0.5) is 4.79 Å². The molecule has 206 valence electrons. The number of urea groups is 1. The van der Waals surface area contributed by atoms with Gasteiger partial charge in [0.15, 0.2) is 0 Å². The lowest BCUT2D eigenvalue weighted by atomic mass is 10.0. The molecule has 7 N–H and O–H groups in total. The van der Waals surface area contributed by atoms with Crippen LogP contribution in [-0.4, -0.2) is 59.2 Å². The number of carbonyl (C=O) groups is 3. The van der Waals surface area contributed by atoms with E-state index in [-0.39, 0.29) is 12.3 Å². The molecule has 10 nitrogen and oxygen atoms in total. The molecule has 2 heterocycles. The standard InChI is InChI=1S/C29H37N7O3/c1-5-31-28(39)36-25(15-19-17-33-23-13-9-7-11-21(19)23)35-26(37)24(34-27(38)29(2,3)30-4)14-18-16-32-22-12-8-6-10-20(18)22/h6-13,16-17,24-25,30,32-33H,5,14-15H2,1-4H3,(H,34,38)(H,35,37)(H2,31,36,39)/t24-,25-/m1/s1. The van der Waals surface area contributed by atoms with Gasteiger partial charge in [0.25, 0.3) is 0 Å². The summed E-state index contributed by atoms with van der Waals surface area (Å²) in [6.07, 6.45) is 3.63. The van der Waals surface area contributed by atoms with E-state index in [4.69, 9.17) is 0 Å². The molecule has 0 saturated heterocycles. The van der Waals surface area contributed by atoms with Crippen LogP contribution >= 0.6 is 0 Å². The number of hydrogen-bond donors (Lipinski definition) is 7. The van der Waals surface area contributed by atoms with Crippen molar-refractivity contribution in [2.24, 2.45) is 0 Å². The van der Waals surface area contributed by atoms with E-state index in [0.29, 0.717) is 13.0 Å². The lowest BCUT2D eigenvalue weighted by Crippen LogP contribution is -2.60. The summed E-state index contributed by atoms with van der Waals surface area (Å²) in [5.41, 5.74) is 2.87. The summed E-state index contributed by atoms with van der Waals surface area (Å²) in [6, 6.07) is 14.4. The molecule has 0 aliphatic rings. The number of carbonyl (C=O) groups excluding carboxylic acids is 3. The minimum absolute atomic E-state index is 0.266. The predicted molar refractivity (Wildman–Crippen MR) is 153 cm³/mol. The van der Waals surface area contributed by atoms with Crippen molar-refractivity contribution in [3.05, 3.63) is 72.1 Å². The highest BCUT2D eigenvalue weighted by Gasteiger charge is 2.31. The topological polar surface area (TPSA) is 143 Å². The number of aromatic nitrogens is 2. The van der Waals surface area contributed by atoms with Gasteiger partial charge in [-0.3, -0.25) is 9.59 Å². The molecule has 10 heteroatoms. The highest BCUT2D eigenvalue weighted by atomic mass is 16.2. The first-order chi connectivity index (χ1) is 18.7. The maximum atomic E-state index is 13.8. The highest BCUT2D eigenvalue weighted by molar-refractivity contribution is 5.93. The van der Waals surface area contributed by atoms with Crippen LogP contribution in [0.2, 0.25) is 0 Å². The molecule has 0 radical (unpaired) electrons. The van der Waals surface area contributed by atoms with E-state index in [1.54, 1.807) is 20.9 Å². The number of fused-ring (bicyclic) bond motifs is 2. The SMILES string of the molecule is CCNC(=O)N[C@H](Cc1c[nH]c2ccccc12)NC(=O)[C@@H](Cc1c[nH]c2ccccc12)NC(=O)C(C)(C)NC. The fourth-order valence-corrected chi connectivity index (χ4v) is 4.48. The number of amides is 4. The Hall–Kier alpha value is -4.31. The van der Waals surface area contributed by atoms with Crippen molar-refractivity contribution in [1.82, 2.24) is 36.6 Å². The van der Waals surface area contributed by atoms with Gasteiger partial charge in [-0.05, 0) is 51.1 Å². The maximum absolute atomic E-state index is 13.8. The van der Waals surface area contributed by atoms with E-state index in [2.05, 4.69) is 36.6 Å². The molecule has 0 bridgehead atoms. The maximum Gasteiger partial charge on any atom is 0.316 e. The molecule has 0 unspecified atom stereocenters. The average molecular weight is 532 g/mol. The largest absolute Gasteiger partial charge is 0.361 e. The zero-order chi connectivity index (χ0) is 28.0. The molecular weight excluding hydrogens is 494 g/mol. The van der Waals surface area contributed by atoms with Gasteiger partial charge in [-0.15, -0.1) is 0 Å². The first-order valence-corrected chi connectivity index (χ1v) is 13.2. The van der Waals surface area contributed by atoms with Gasteiger partial charge in [0, 0.05) is 53.6 Å². The van der Waals surface area contributed by atoms with Crippen molar-refractivity contribution in [3.63, 3.8) is 0 Å². The molecule has 2 aromatic carbocycles. The minimum Gasteiger partial charge on any atom is -0.361 e. The Kier molecular flexibility index (Phi) is 8.55. The normalized spacial score (nSPS) is 13.1. The Morgan fingerprint density at radius 2 is 1.38 bits per heavy atom. The fourth-order valence-electron chi connectivity index (χ4n) is 4.48. The second kappa shape index (κ2) is 12.0. The number of likely N-dealkylation sites (N-methyl/N-ethyl adjacent to an activating group) is 1. The Bertz CT molecular complexity index is 1460. The highest BCUT2D eigenvalue weighted by Crippen LogP contribution is 2.21. The summed E-state index contributed by atoms with van der Waals surface area (Å²) in [7, 11) is 1.70. The summed E-state index contributed by atoms with van der Waals surface area (Å²) in [4.78, 5) is 45.8. The third-order valence-electron chi connectivity index (χ3n) is 6.97. The zero-order valence-electron chi connectivity index (χ0n) is 22.8. The van der Waals surface area contributed by atoms with Crippen LogP contribution in [0.3, 0.4) is 0 Å². The number of hydrogen-bond acceptors (Lipinski definition) is 4. The van der Waals surface area contributed by atoms with Crippen LogP contribution in [0.25, 0.3) is 21.8 Å². The molecule has 2 aromatic heterocycles. The fraction of sp³-hybridized carbons (Fsp3) is 0.345. The quantitative estimate of drug-likeness (QED) is 0.149. The predicted octanol–water partition coefficient (Wildman–Crippen LogP) is 2.68. The molecule has 0 fully saturated rings. The Balaban J connectivity index is 1.60. The van der Waals surface area contributed by atoms with E-state index >= 15 is 0 Å². The Morgan fingerprint density at radius 3 is 1.95 bits per heavy atom. The van der Waals surface area contributed by atoms with Gasteiger partial charge in [-0.2, -0.15) is 0 Å². The molecule has 2 atom stereocenters. The molecule has 0 spiro atoms. The molecular formula is C29H37N7O3. The molecule has 0 aliphatic carbocycles. The van der Waals surface area contributed by atoms with Gasteiger partial charge in [-0.1, -0.05) is 36.4 Å². The van der Waals surface area contributed by atoms with Gasteiger partial charge in [0.2, 0.25) is 11.8 Å². The van der Waals surface area contributed by atoms with E-state index in [9.17, 15) is 14.4 Å². The van der Waals surface area contributed by atoms with Gasteiger partial charge in [-0.25, -0.2) is 4.79 Å². The number of para-hydroxylation sites is 2. The summed E-state index contributed by atoms with van der Waals surface area (Å²) >= 11 is 0. The van der Waals surface area contributed by atoms with Crippen LogP contribution in [0.5, 0.6) is 0 Å². The van der Waals surface area contributed by atoms with Crippen LogP contribution in [-0.2, 0) is 22.4 Å². The van der Waals surface area contributed by atoms with Crippen LogP contribution < -0.4 is 26.6 Å². The Labute approximate surface area is 227 Å². The molecule has 39 heavy (non-hydrogen) atoms. The van der Waals surface area contributed by atoms with Crippen molar-refractivity contribution in [3.8, 4) is 0 Å². The van der Waals surface area contributed by atoms with Gasteiger partial charge >= 0.3 is 6.03 Å². The Morgan fingerprint density at radius 1 is 0.821 bits per heavy atom. The van der Waals surface area contributed by atoms with E-state index < -0.39 is 29.7 Å². The van der Waals surface area contributed by atoms with Crippen molar-refractivity contribution in [1.29, 1.82) is 0 Å². The van der Waals surface area contributed by atoms with E-state index in [1.807, 2.05) is 67.8 Å². The van der Waals surface area contributed by atoms with Gasteiger partial charge in [0.05, 0.1) is 5.54 Å². The number of aromatic amines is 2. The van der Waals surface area contributed by atoms with Crippen molar-refractivity contribution in [2.45, 2.75) is 51.4 Å². The lowest BCUT2D eigenvalue weighted by Gasteiger charge is -2.28. The second-order valence-electron chi connectivity index (χ2n) is 10.1. The molecule has 4 rings (SSSR count). The van der Waals surface area contributed by atoms with Crippen molar-refractivity contribution in [2.75, 3.05) is 13.6 Å². The number of rotatable bonds is 11. The molecule has 4 aromatic rings. The molecule has 4 amide bonds. The first kappa shape index (κ1) is 27.7. The monoisotopic (exact) mass is 531 g/mol. The van der Waals surface area contributed by atoms with Crippen LogP contribution in [0, 0.1) is 0 Å². The van der Waals surface area contributed by atoms with Crippen molar-refractivity contribution < 1.29 is 14.4 Å². The van der Waals surface area contributed by atoms with E-state index in [0.717, 1.165) is 32.9 Å². The van der Waals surface area contributed by atoms with Gasteiger partial charge in [0.1, 0.15) is 12.2 Å². The minimum atomic E-state index is -0.887. The third kappa shape index (κ3) is 6.58. The lowest BCUT2D eigenvalue weighted by molar-refractivity contribution is -0.132. The second-order valence-corrected chi connectivity index (χ2v) is 10.1. The zero-order valence-corrected chi connectivity index (χ0v) is 22.8. The van der Waals surface area contributed by atoms with Crippen LogP contribution in [0.1, 0.15) is 31.9 Å². The van der Waals surface area contributed by atoms with E-state index in [1.165, 1.54) is 0 Å². The number of H-pyrrole nitrogens is 2. The third-order valence-corrected chi connectivity index (χ3v) is 6.97. The summed E-state index contributed by atoms with van der Waals surface area (Å²) in [6.45, 7) is 5.76. The average Bonchev–Trinajstić information content (AvgIpc) is 3.52. The molecule has 0 saturated carbocycles. The number of nitrogens with one attached hydrogen (secondary N) is 7.